The second kappa shape index (κ2) is 5.28. The zero-order chi connectivity index (χ0) is 13.0. The topological polar surface area (TPSA) is 35.8 Å². The highest BCUT2D eigenvalue weighted by Crippen LogP contribution is 2.15. The van der Waals surface area contributed by atoms with Gasteiger partial charge in [0.2, 0.25) is 0 Å². The minimum Gasteiger partial charge on any atom is -0.381 e. The maximum absolute atomic E-state index is 13.2. The Labute approximate surface area is 103 Å². The lowest BCUT2D eigenvalue weighted by molar-refractivity contribution is 0.625. The highest BCUT2D eigenvalue weighted by Gasteiger charge is 2.01. The van der Waals surface area contributed by atoms with E-state index in [-0.39, 0.29) is 11.4 Å². The fraction of sp³-hybridized carbons (Fsp3) is 0.0714. The van der Waals surface area contributed by atoms with Crippen molar-refractivity contribution in [1.29, 1.82) is 5.26 Å². The summed E-state index contributed by atoms with van der Waals surface area (Å²) in [5.41, 5.74) is 1.49. The van der Waals surface area contributed by atoms with Crippen LogP contribution in [0.3, 0.4) is 0 Å². The Morgan fingerprint density at radius 3 is 2.61 bits per heavy atom. The van der Waals surface area contributed by atoms with Crippen molar-refractivity contribution in [2.45, 2.75) is 6.54 Å². The van der Waals surface area contributed by atoms with Crippen LogP contribution in [0.25, 0.3) is 0 Å². The number of hydrogen-bond acceptors (Lipinski definition) is 2. The number of hydrogen-bond donors (Lipinski definition) is 1. The molecule has 0 saturated heterocycles. The molecule has 0 spiro atoms. The maximum Gasteiger partial charge on any atom is 0.126 e. The van der Waals surface area contributed by atoms with Crippen molar-refractivity contribution in [3.05, 3.63) is 65.2 Å². The molecule has 0 unspecified atom stereocenters. The van der Waals surface area contributed by atoms with E-state index in [1.54, 1.807) is 18.2 Å². The van der Waals surface area contributed by atoms with E-state index in [0.717, 1.165) is 11.6 Å². The molecule has 0 atom stereocenters. The van der Waals surface area contributed by atoms with Gasteiger partial charge in [0.1, 0.15) is 11.6 Å². The molecule has 2 aromatic carbocycles. The van der Waals surface area contributed by atoms with Gasteiger partial charge in [0.25, 0.3) is 0 Å². The van der Waals surface area contributed by atoms with Gasteiger partial charge in [-0.25, -0.2) is 8.78 Å². The molecular weight excluding hydrogens is 234 g/mol. The highest BCUT2D eigenvalue weighted by atomic mass is 19.1. The molecule has 90 valence electrons. The maximum atomic E-state index is 13.2. The standard InChI is InChI=1S/C14H10F2N2/c15-12-3-1-2-10(4-12)9-18-14-6-11(8-17)5-13(16)7-14/h1-7,18H,9H2. The molecule has 0 aliphatic rings. The molecule has 1 N–H and O–H groups in total. The van der Waals surface area contributed by atoms with Gasteiger partial charge in [-0.1, -0.05) is 12.1 Å². The molecular formula is C14H10F2N2. The van der Waals surface area contributed by atoms with Gasteiger partial charge in [0, 0.05) is 12.2 Å². The van der Waals surface area contributed by atoms with Crippen molar-refractivity contribution in [2.75, 3.05) is 5.32 Å². The Hall–Kier alpha value is -2.41. The highest BCUT2D eigenvalue weighted by molar-refractivity contribution is 5.50. The van der Waals surface area contributed by atoms with Crippen molar-refractivity contribution >= 4 is 5.69 Å². The zero-order valence-corrected chi connectivity index (χ0v) is 9.45. The van der Waals surface area contributed by atoms with Crippen LogP contribution in [-0.4, -0.2) is 0 Å². The average molecular weight is 244 g/mol. The van der Waals surface area contributed by atoms with Gasteiger partial charge >= 0.3 is 0 Å². The number of benzene rings is 2. The van der Waals surface area contributed by atoms with Crippen LogP contribution in [0.15, 0.2) is 42.5 Å². The molecule has 0 fully saturated rings. The van der Waals surface area contributed by atoms with Gasteiger partial charge in [-0.15, -0.1) is 0 Å². The van der Waals surface area contributed by atoms with Crippen LogP contribution in [0.4, 0.5) is 14.5 Å². The van der Waals surface area contributed by atoms with Crippen molar-refractivity contribution in [2.24, 2.45) is 0 Å². The number of nitriles is 1. The number of anilines is 1. The lowest BCUT2D eigenvalue weighted by Gasteiger charge is -2.07. The third-order valence-electron chi connectivity index (χ3n) is 2.41. The molecule has 18 heavy (non-hydrogen) atoms. The summed E-state index contributed by atoms with van der Waals surface area (Å²) in [5, 5.41) is 11.7. The predicted octanol–water partition coefficient (Wildman–Crippen LogP) is 3.45. The van der Waals surface area contributed by atoms with Gasteiger partial charge in [0.15, 0.2) is 0 Å². The fourth-order valence-corrected chi connectivity index (χ4v) is 1.61. The van der Waals surface area contributed by atoms with Crippen LogP contribution in [0.1, 0.15) is 11.1 Å². The lowest BCUT2D eigenvalue weighted by atomic mass is 10.2. The van der Waals surface area contributed by atoms with E-state index >= 15 is 0 Å². The second-order valence-corrected chi connectivity index (χ2v) is 3.82. The first-order chi connectivity index (χ1) is 8.67. The number of rotatable bonds is 3. The fourth-order valence-electron chi connectivity index (χ4n) is 1.61. The second-order valence-electron chi connectivity index (χ2n) is 3.82. The molecule has 0 aliphatic carbocycles. The molecule has 0 bridgehead atoms. The summed E-state index contributed by atoms with van der Waals surface area (Å²) in [4.78, 5) is 0. The van der Waals surface area contributed by atoms with Gasteiger partial charge in [0.05, 0.1) is 11.6 Å². The molecule has 0 amide bonds. The third kappa shape index (κ3) is 3.05. The summed E-state index contributed by atoms with van der Waals surface area (Å²) in [7, 11) is 0. The van der Waals surface area contributed by atoms with Gasteiger partial charge < -0.3 is 5.32 Å². The average Bonchev–Trinajstić information content (AvgIpc) is 2.36. The molecule has 2 aromatic rings. The van der Waals surface area contributed by atoms with Crippen LogP contribution in [0.5, 0.6) is 0 Å². The van der Waals surface area contributed by atoms with Gasteiger partial charge in [-0.05, 0) is 35.9 Å². The van der Waals surface area contributed by atoms with E-state index in [1.807, 2.05) is 6.07 Å². The van der Waals surface area contributed by atoms with E-state index in [9.17, 15) is 8.78 Å². The van der Waals surface area contributed by atoms with Crippen molar-refractivity contribution in [1.82, 2.24) is 0 Å². The molecule has 0 heterocycles. The van der Waals surface area contributed by atoms with Crippen molar-refractivity contribution in [3.63, 3.8) is 0 Å². The van der Waals surface area contributed by atoms with Crippen LogP contribution < -0.4 is 5.32 Å². The Morgan fingerprint density at radius 2 is 1.89 bits per heavy atom. The first kappa shape index (κ1) is 12.1. The summed E-state index contributed by atoms with van der Waals surface area (Å²) in [5.74, 6) is -0.790. The van der Waals surface area contributed by atoms with E-state index in [1.165, 1.54) is 18.2 Å². The Balaban J connectivity index is 2.11. The normalized spacial score (nSPS) is 9.83. The minimum atomic E-state index is -0.476. The van der Waals surface area contributed by atoms with Crippen LogP contribution >= 0.6 is 0 Å². The first-order valence-corrected chi connectivity index (χ1v) is 5.36. The monoisotopic (exact) mass is 244 g/mol. The number of halogens is 2. The summed E-state index contributed by atoms with van der Waals surface area (Å²) in [6, 6.07) is 12.0. The van der Waals surface area contributed by atoms with E-state index in [4.69, 9.17) is 5.26 Å². The summed E-state index contributed by atoms with van der Waals surface area (Å²) in [6.07, 6.45) is 0. The molecule has 4 heteroatoms. The van der Waals surface area contributed by atoms with Crippen molar-refractivity contribution < 1.29 is 8.78 Å². The lowest BCUT2D eigenvalue weighted by Crippen LogP contribution is -2.00. The predicted molar refractivity (Wildman–Crippen MR) is 64.8 cm³/mol. The van der Waals surface area contributed by atoms with Crippen LogP contribution in [0, 0.1) is 23.0 Å². The smallest absolute Gasteiger partial charge is 0.126 e. The van der Waals surface area contributed by atoms with Crippen LogP contribution in [0.2, 0.25) is 0 Å². The summed E-state index contributed by atoms with van der Waals surface area (Å²) in [6.45, 7) is 0.367. The molecule has 0 aromatic heterocycles. The summed E-state index contributed by atoms with van der Waals surface area (Å²) < 4.78 is 26.1. The van der Waals surface area contributed by atoms with Gasteiger partial charge in [-0.3, -0.25) is 0 Å². The van der Waals surface area contributed by atoms with E-state index in [2.05, 4.69) is 5.32 Å². The van der Waals surface area contributed by atoms with Crippen LogP contribution in [-0.2, 0) is 6.54 Å². The summed E-state index contributed by atoms with van der Waals surface area (Å²) >= 11 is 0. The molecule has 0 saturated carbocycles. The van der Waals surface area contributed by atoms with E-state index < -0.39 is 5.82 Å². The van der Waals surface area contributed by atoms with Crippen molar-refractivity contribution in [3.8, 4) is 6.07 Å². The Morgan fingerprint density at radius 1 is 1.06 bits per heavy atom. The number of nitrogens with one attached hydrogen (secondary N) is 1. The Kier molecular flexibility index (Phi) is 3.54. The molecule has 2 nitrogen and oxygen atoms in total. The molecule has 2 rings (SSSR count). The van der Waals surface area contributed by atoms with Gasteiger partial charge in [-0.2, -0.15) is 5.26 Å². The van der Waals surface area contributed by atoms with E-state index in [0.29, 0.717) is 12.2 Å². The SMILES string of the molecule is N#Cc1cc(F)cc(NCc2cccc(F)c2)c1. The number of nitrogens with zero attached hydrogens (tertiary/aromatic N) is 1. The quantitative estimate of drug-likeness (QED) is 0.897. The Bertz CT molecular complexity index is 603. The minimum absolute atomic E-state index is 0.247. The first-order valence-electron chi connectivity index (χ1n) is 5.36. The molecule has 0 radical (unpaired) electrons. The third-order valence-corrected chi connectivity index (χ3v) is 2.41. The molecule has 0 aliphatic heterocycles. The zero-order valence-electron chi connectivity index (χ0n) is 9.45. The largest absolute Gasteiger partial charge is 0.381 e.